The molecule has 3 rings (SSSR count). The number of allylic oxidation sites excluding steroid dienone is 4. The standard InChI is InChI=1S/C19H20F3N3O2/c1-18(13-4-3-5-14(26)10-13)15(16(27)25(2)17(23)24-18)11-6-8-12(9-7-11)19(20,21)22/h3-6,8-11,15,26H,7H2,1-2H3,(H2,23,24)/t11?,15-,18-/m1/s1. The molecule has 0 saturated heterocycles. The highest BCUT2D eigenvalue weighted by atomic mass is 19.4. The van der Waals surface area contributed by atoms with Crippen molar-refractivity contribution in [1.82, 2.24) is 4.90 Å². The molecule has 3 atom stereocenters. The lowest BCUT2D eigenvalue weighted by molar-refractivity contribution is -0.135. The molecule has 1 aromatic rings. The van der Waals surface area contributed by atoms with Crippen LogP contribution in [0.15, 0.2) is 53.1 Å². The van der Waals surface area contributed by atoms with Crippen LogP contribution in [0.1, 0.15) is 18.9 Å². The molecule has 2 aliphatic rings. The Labute approximate surface area is 154 Å². The number of carbonyl (C=O) groups excluding carboxylic acids is 1. The average Bonchev–Trinajstić information content (AvgIpc) is 2.59. The summed E-state index contributed by atoms with van der Waals surface area (Å²) in [7, 11) is 1.49. The van der Waals surface area contributed by atoms with E-state index >= 15 is 0 Å². The number of hydrogen-bond donors (Lipinski definition) is 2. The normalized spacial score (nSPS) is 28.8. The number of amides is 1. The van der Waals surface area contributed by atoms with E-state index in [9.17, 15) is 23.1 Å². The molecule has 1 aliphatic heterocycles. The molecule has 1 aliphatic carbocycles. The summed E-state index contributed by atoms with van der Waals surface area (Å²) in [5, 5.41) is 9.84. The van der Waals surface area contributed by atoms with Crippen LogP contribution in [0.4, 0.5) is 13.2 Å². The van der Waals surface area contributed by atoms with Gasteiger partial charge in [0.25, 0.3) is 0 Å². The quantitative estimate of drug-likeness (QED) is 0.829. The second-order valence-corrected chi connectivity index (χ2v) is 6.96. The largest absolute Gasteiger partial charge is 0.508 e. The predicted octanol–water partition coefficient (Wildman–Crippen LogP) is 3.08. The molecule has 1 amide bonds. The van der Waals surface area contributed by atoms with Crippen LogP contribution >= 0.6 is 0 Å². The van der Waals surface area contributed by atoms with Gasteiger partial charge < -0.3 is 10.8 Å². The molecule has 5 nitrogen and oxygen atoms in total. The van der Waals surface area contributed by atoms with E-state index in [0.29, 0.717) is 5.56 Å². The number of phenols is 1. The third kappa shape index (κ3) is 3.31. The topological polar surface area (TPSA) is 78.9 Å². The summed E-state index contributed by atoms with van der Waals surface area (Å²) in [6, 6.07) is 6.32. The molecular formula is C19H20F3N3O2. The summed E-state index contributed by atoms with van der Waals surface area (Å²) < 4.78 is 38.7. The Morgan fingerprint density at radius 1 is 1.37 bits per heavy atom. The van der Waals surface area contributed by atoms with Gasteiger partial charge >= 0.3 is 6.18 Å². The van der Waals surface area contributed by atoms with Crippen molar-refractivity contribution in [1.29, 1.82) is 0 Å². The van der Waals surface area contributed by atoms with Gasteiger partial charge in [0.2, 0.25) is 5.91 Å². The highest BCUT2D eigenvalue weighted by Gasteiger charge is 2.50. The number of aliphatic imine (C=N–C) groups is 1. The second-order valence-electron chi connectivity index (χ2n) is 6.96. The first-order valence-corrected chi connectivity index (χ1v) is 8.42. The van der Waals surface area contributed by atoms with Crippen LogP contribution < -0.4 is 5.73 Å². The number of alkyl halides is 3. The SMILES string of the molecule is CN1C(=O)[C@@H](C2C=CC(C(F)(F)F)=CC2)[C@@](C)(c2cccc(O)c2)N=C1N. The number of hydrogen-bond acceptors (Lipinski definition) is 4. The molecule has 0 fully saturated rings. The van der Waals surface area contributed by atoms with Gasteiger partial charge in [0.1, 0.15) is 5.75 Å². The van der Waals surface area contributed by atoms with Crippen molar-refractivity contribution in [3.05, 3.63) is 53.6 Å². The van der Waals surface area contributed by atoms with Crippen LogP contribution in [0.2, 0.25) is 0 Å². The Balaban J connectivity index is 2.05. The lowest BCUT2D eigenvalue weighted by Gasteiger charge is -2.43. The zero-order valence-corrected chi connectivity index (χ0v) is 14.9. The minimum atomic E-state index is -4.42. The molecule has 8 heteroatoms. The minimum Gasteiger partial charge on any atom is -0.508 e. The third-order valence-corrected chi connectivity index (χ3v) is 5.21. The van der Waals surface area contributed by atoms with E-state index in [1.54, 1.807) is 19.1 Å². The van der Waals surface area contributed by atoms with Crippen molar-refractivity contribution in [2.24, 2.45) is 22.6 Å². The Hall–Kier alpha value is -2.77. The highest BCUT2D eigenvalue weighted by molar-refractivity contribution is 6.00. The molecule has 3 N–H and O–H groups in total. The number of aromatic hydroxyl groups is 1. The number of halogens is 3. The molecule has 0 radical (unpaired) electrons. The van der Waals surface area contributed by atoms with Crippen molar-refractivity contribution in [3.8, 4) is 5.75 Å². The van der Waals surface area contributed by atoms with Crippen molar-refractivity contribution < 1.29 is 23.1 Å². The fraction of sp³-hybridized carbons (Fsp3) is 0.368. The summed E-state index contributed by atoms with van der Waals surface area (Å²) >= 11 is 0. The first-order chi connectivity index (χ1) is 12.5. The Kier molecular flexibility index (Phi) is 4.53. The van der Waals surface area contributed by atoms with Crippen molar-refractivity contribution in [2.45, 2.75) is 25.1 Å². The minimum absolute atomic E-state index is 0.00561. The van der Waals surface area contributed by atoms with Gasteiger partial charge in [0.05, 0.1) is 17.0 Å². The first kappa shape index (κ1) is 19.0. The van der Waals surface area contributed by atoms with Gasteiger partial charge in [-0.25, -0.2) is 4.99 Å². The molecule has 0 spiro atoms. The molecule has 27 heavy (non-hydrogen) atoms. The number of phenolic OH excluding ortho intramolecular Hbond substituents is 1. The Morgan fingerprint density at radius 3 is 2.63 bits per heavy atom. The van der Waals surface area contributed by atoms with Crippen LogP contribution in [0.3, 0.4) is 0 Å². The monoisotopic (exact) mass is 379 g/mol. The number of rotatable bonds is 2. The van der Waals surface area contributed by atoms with Crippen molar-refractivity contribution in [2.75, 3.05) is 7.05 Å². The lowest BCUT2D eigenvalue weighted by Crippen LogP contribution is -2.55. The van der Waals surface area contributed by atoms with Gasteiger partial charge in [-0.1, -0.05) is 30.4 Å². The van der Waals surface area contributed by atoms with Crippen LogP contribution in [-0.2, 0) is 10.3 Å². The first-order valence-electron chi connectivity index (χ1n) is 8.42. The second kappa shape index (κ2) is 6.44. The molecule has 144 valence electrons. The van der Waals surface area contributed by atoms with Gasteiger partial charge in [-0.3, -0.25) is 9.69 Å². The molecule has 0 aromatic heterocycles. The lowest BCUT2D eigenvalue weighted by atomic mass is 9.69. The van der Waals surface area contributed by atoms with E-state index in [4.69, 9.17) is 5.73 Å². The zero-order valence-electron chi connectivity index (χ0n) is 14.9. The molecule has 1 heterocycles. The van der Waals surface area contributed by atoms with Crippen LogP contribution in [0, 0.1) is 11.8 Å². The summed E-state index contributed by atoms with van der Waals surface area (Å²) in [5.41, 5.74) is 4.63. The van der Waals surface area contributed by atoms with E-state index < -0.39 is 29.1 Å². The van der Waals surface area contributed by atoms with Gasteiger partial charge in [-0.05, 0) is 37.0 Å². The Bertz CT molecular complexity index is 860. The fourth-order valence-electron chi connectivity index (χ4n) is 3.70. The fourth-order valence-corrected chi connectivity index (χ4v) is 3.70. The van der Waals surface area contributed by atoms with Gasteiger partial charge in [-0.15, -0.1) is 0 Å². The summed E-state index contributed by atoms with van der Waals surface area (Å²) in [6.07, 6.45) is -0.850. The third-order valence-electron chi connectivity index (χ3n) is 5.21. The molecular weight excluding hydrogens is 359 g/mol. The number of carbonyl (C=O) groups is 1. The molecule has 1 aromatic carbocycles. The van der Waals surface area contributed by atoms with E-state index in [2.05, 4.69) is 4.99 Å². The number of nitrogens with zero attached hydrogens (tertiary/aromatic N) is 2. The maximum Gasteiger partial charge on any atom is 0.416 e. The van der Waals surface area contributed by atoms with Gasteiger partial charge in [0, 0.05) is 7.05 Å². The molecule has 0 saturated carbocycles. The van der Waals surface area contributed by atoms with Crippen LogP contribution in [-0.4, -0.2) is 35.1 Å². The number of guanidine groups is 1. The number of nitrogens with two attached hydrogens (primary N) is 1. The van der Waals surface area contributed by atoms with Crippen LogP contribution in [0.5, 0.6) is 5.75 Å². The average molecular weight is 379 g/mol. The van der Waals surface area contributed by atoms with E-state index in [1.807, 2.05) is 0 Å². The van der Waals surface area contributed by atoms with E-state index in [0.717, 1.165) is 12.2 Å². The summed E-state index contributed by atoms with van der Waals surface area (Å²) in [6.45, 7) is 1.71. The van der Waals surface area contributed by atoms with Crippen LogP contribution in [0.25, 0.3) is 0 Å². The van der Waals surface area contributed by atoms with E-state index in [1.165, 1.54) is 30.2 Å². The smallest absolute Gasteiger partial charge is 0.416 e. The Morgan fingerprint density at radius 2 is 2.07 bits per heavy atom. The summed E-state index contributed by atoms with van der Waals surface area (Å²) in [4.78, 5) is 18.7. The van der Waals surface area contributed by atoms with E-state index in [-0.39, 0.29) is 24.0 Å². The molecule has 1 unspecified atom stereocenters. The van der Waals surface area contributed by atoms with Gasteiger partial charge in [-0.2, -0.15) is 13.2 Å². The zero-order chi connectivity index (χ0) is 20.0. The van der Waals surface area contributed by atoms with Crippen molar-refractivity contribution >= 4 is 11.9 Å². The maximum atomic E-state index is 13.0. The highest BCUT2D eigenvalue weighted by Crippen LogP contribution is 2.45. The number of benzene rings is 1. The maximum absolute atomic E-state index is 13.0. The molecule has 0 bridgehead atoms. The van der Waals surface area contributed by atoms with Gasteiger partial charge in [0.15, 0.2) is 5.96 Å². The summed E-state index contributed by atoms with van der Waals surface area (Å²) in [5.74, 6) is -1.56. The predicted molar refractivity (Wildman–Crippen MR) is 94.7 cm³/mol. The van der Waals surface area contributed by atoms with Crippen molar-refractivity contribution in [3.63, 3.8) is 0 Å².